The summed E-state index contributed by atoms with van der Waals surface area (Å²) in [5, 5.41) is 0. The van der Waals surface area contributed by atoms with Crippen LogP contribution < -0.4 is 5.73 Å². The van der Waals surface area contributed by atoms with Gasteiger partial charge in [0.2, 0.25) is 0 Å². The zero-order valence-electron chi connectivity index (χ0n) is 13.7. The van der Waals surface area contributed by atoms with Crippen LogP contribution in [0.25, 0.3) is 0 Å². The molecule has 0 aromatic rings. The van der Waals surface area contributed by atoms with E-state index in [1.165, 1.54) is 25.0 Å². The summed E-state index contributed by atoms with van der Waals surface area (Å²) in [5.74, 6) is 1.29. The topological polar surface area (TPSA) is 29.3 Å². The predicted octanol–water partition coefficient (Wildman–Crippen LogP) is 3.84. The molecule has 0 amide bonds. The summed E-state index contributed by atoms with van der Waals surface area (Å²) >= 11 is 0. The molecule has 19 heavy (non-hydrogen) atoms. The maximum absolute atomic E-state index is 5.64. The first-order valence-corrected chi connectivity index (χ1v) is 7.83. The molecular weight excluding hydrogens is 232 g/mol. The molecule has 0 radical (unpaired) electrons. The van der Waals surface area contributed by atoms with Gasteiger partial charge in [0.1, 0.15) is 0 Å². The van der Waals surface area contributed by atoms with Crippen LogP contribution in [0.2, 0.25) is 0 Å². The minimum atomic E-state index is 0.463. The van der Waals surface area contributed by atoms with E-state index < -0.39 is 0 Å². The molecule has 0 saturated heterocycles. The first-order valence-electron chi connectivity index (χ1n) is 7.83. The standard InChI is InChI=1S/C17H34N2/c1-6-15(4)11-12-19(8-3)14-17(7-2)10-9-16(5)13-18/h7,9-10,15-16H,6,8,11-14,18H2,1-5H3/b10-9-,17-7+. The Bertz CT molecular complexity index is 268. The largest absolute Gasteiger partial charge is 0.330 e. The third-order valence-corrected chi connectivity index (χ3v) is 3.87. The van der Waals surface area contributed by atoms with Gasteiger partial charge in [-0.25, -0.2) is 0 Å². The minimum absolute atomic E-state index is 0.463. The predicted molar refractivity (Wildman–Crippen MR) is 87.3 cm³/mol. The van der Waals surface area contributed by atoms with E-state index in [1.54, 1.807) is 0 Å². The van der Waals surface area contributed by atoms with Crippen LogP contribution in [-0.2, 0) is 0 Å². The van der Waals surface area contributed by atoms with E-state index in [2.05, 4.69) is 57.7 Å². The minimum Gasteiger partial charge on any atom is -0.330 e. The molecule has 0 aromatic carbocycles. The van der Waals surface area contributed by atoms with Crippen molar-refractivity contribution >= 4 is 0 Å². The van der Waals surface area contributed by atoms with E-state index in [1.807, 2.05) is 0 Å². The second-order valence-corrected chi connectivity index (χ2v) is 5.61. The molecule has 0 aliphatic heterocycles. The zero-order chi connectivity index (χ0) is 14.7. The first-order chi connectivity index (χ1) is 9.07. The van der Waals surface area contributed by atoms with Crippen molar-refractivity contribution in [3.05, 3.63) is 23.8 Å². The molecule has 0 rings (SSSR count). The van der Waals surface area contributed by atoms with Gasteiger partial charge in [0.05, 0.1) is 0 Å². The Morgan fingerprint density at radius 1 is 1.26 bits per heavy atom. The fraction of sp³-hybridized carbons (Fsp3) is 0.765. The van der Waals surface area contributed by atoms with Gasteiger partial charge in [-0.1, -0.05) is 52.3 Å². The molecule has 0 saturated carbocycles. The van der Waals surface area contributed by atoms with Crippen molar-refractivity contribution in [3.63, 3.8) is 0 Å². The fourth-order valence-corrected chi connectivity index (χ4v) is 1.82. The Kier molecular flexibility index (Phi) is 10.9. The quantitative estimate of drug-likeness (QED) is 0.609. The summed E-state index contributed by atoms with van der Waals surface area (Å²) in [6, 6.07) is 0. The molecule has 0 aliphatic rings. The lowest BCUT2D eigenvalue weighted by Crippen LogP contribution is -2.27. The number of hydrogen-bond donors (Lipinski definition) is 1. The van der Waals surface area contributed by atoms with Gasteiger partial charge in [-0.2, -0.15) is 0 Å². The number of allylic oxidation sites excluding steroid dienone is 1. The Morgan fingerprint density at radius 3 is 2.42 bits per heavy atom. The Labute approximate surface area is 120 Å². The van der Waals surface area contributed by atoms with Gasteiger partial charge >= 0.3 is 0 Å². The SMILES string of the molecule is C/C=C(\C=C/C(C)CN)CN(CC)CCC(C)CC. The monoisotopic (exact) mass is 266 g/mol. The molecule has 0 fully saturated rings. The molecule has 2 heteroatoms. The van der Waals surface area contributed by atoms with E-state index in [-0.39, 0.29) is 0 Å². The summed E-state index contributed by atoms with van der Waals surface area (Å²) < 4.78 is 0. The molecule has 2 unspecified atom stereocenters. The van der Waals surface area contributed by atoms with Crippen molar-refractivity contribution in [3.8, 4) is 0 Å². The smallest absolute Gasteiger partial charge is 0.0230 e. The van der Waals surface area contributed by atoms with E-state index >= 15 is 0 Å². The van der Waals surface area contributed by atoms with E-state index in [9.17, 15) is 0 Å². The third kappa shape index (κ3) is 9.01. The van der Waals surface area contributed by atoms with Crippen molar-refractivity contribution in [1.82, 2.24) is 4.90 Å². The highest BCUT2D eigenvalue weighted by Crippen LogP contribution is 2.10. The van der Waals surface area contributed by atoms with Crippen LogP contribution in [0.15, 0.2) is 23.8 Å². The van der Waals surface area contributed by atoms with Crippen LogP contribution in [-0.4, -0.2) is 31.1 Å². The maximum atomic E-state index is 5.64. The van der Waals surface area contributed by atoms with Crippen molar-refractivity contribution in [2.45, 2.75) is 47.5 Å². The van der Waals surface area contributed by atoms with Gasteiger partial charge in [-0.3, -0.25) is 4.90 Å². The van der Waals surface area contributed by atoms with Crippen LogP contribution in [0.5, 0.6) is 0 Å². The number of hydrogen-bond acceptors (Lipinski definition) is 2. The normalized spacial score (nSPS) is 16.3. The molecule has 2 atom stereocenters. The van der Waals surface area contributed by atoms with Crippen LogP contribution in [0, 0.1) is 11.8 Å². The van der Waals surface area contributed by atoms with Gasteiger partial charge in [-0.05, 0) is 50.4 Å². The molecule has 0 heterocycles. The van der Waals surface area contributed by atoms with Crippen molar-refractivity contribution in [2.24, 2.45) is 17.6 Å². The Hall–Kier alpha value is -0.600. The molecule has 2 nitrogen and oxygen atoms in total. The average molecular weight is 266 g/mol. The lowest BCUT2D eigenvalue weighted by atomic mass is 10.0. The summed E-state index contributed by atoms with van der Waals surface area (Å²) in [4.78, 5) is 2.53. The first kappa shape index (κ1) is 18.4. The summed E-state index contributed by atoms with van der Waals surface area (Å²) in [6.07, 6.45) is 9.25. The van der Waals surface area contributed by atoms with Crippen LogP contribution in [0.4, 0.5) is 0 Å². The third-order valence-electron chi connectivity index (χ3n) is 3.87. The molecule has 112 valence electrons. The zero-order valence-corrected chi connectivity index (χ0v) is 13.7. The van der Waals surface area contributed by atoms with E-state index in [4.69, 9.17) is 5.73 Å². The fourth-order valence-electron chi connectivity index (χ4n) is 1.82. The molecular formula is C17H34N2. The molecule has 2 N–H and O–H groups in total. The molecule has 0 aromatic heterocycles. The summed E-state index contributed by atoms with van der Waals surface area (Å²) in [5.41, 5.74) is 7.04. The number of likely N-dealkylation sites (N-methyl/N-ethyl adjacent to an activating group) is 1. The van der Waals surface area contributed by atoms with Gasteiger partial charge < -0.3 is 5.73 Å². The van der Waals surface area contributed by atoms with Crippen molar-refractivity contribution in [2.75, 3.05) is 26.2 Å². The second-order valence-electron chi connectivity index (χ2n) is 5.61. The lowest BCUT2D eigenvalue weighted by molar-refractivity contribution is 0.286. The van der Waals surface area contributed by atoms with Gasteiger partial charge in [0, 0.05) is 6.54 Å². The maximum Gasteiger partial charge on any atom is 0.0230 e. The van der Waals surface area contributed by atoms with Crippen molar-refractivity contribution < 1.29 is 0 Å². The highest BCUT2D eigenvalue weighted by molar-refractivity contribution is 5.20. The van der Waals surface area contributed by atoms with Crippen LogP contribution >= 0.6 is 0 Å². The average Bonchev–Trinajstić information content (AvgIpc) is 2.45. The Balaban J connectivity index is 4.29. The lowest BCUT2D eigenvalue weighted by Gasteiger charge is -2.22. The molecule has 0 bridgehead atoms. The summed E-state index contributed by atoms with van der Waals surface area (Å²) in [7, 11) is 0. The molecule has 0 aliphatic carbocycles. The highest BCUT2D eigenvalue weighted by atomic mass is 15.1. The van der Waals surface area contributed by atoms with Gasteiger partial charge in [0.15, 0.2) is 0 Å². The van der Waals surface area contributed by atoms with Crippen LogP contribution in [0.3, 0.4) is 0 Å². The van der Waals surface area contributed by atoms with E-state index in [0.29, 0.717) is 5.92 Å². The van der Waals surface area contributed by atoms with Gasteiger partial charge in [0.25, 0.3) is 0 Å². The Morgan fingerprint density at radius 2 is 1.95 bits per heavy atom. The highest BCUT2D eigenvalue weighted by Gasteiger charge is 2.06. The second kappa shape index (κ2) is 11.2. The summed E-state index contributed by atoms with van der Waals surface area (Å²) in [6.45, 7) is 15.2. The number of nitrogens with two attached hydrogens (primary N) is 1. The van der Waals surface area contributed by atoms with E-state index in [0.717, 1.165) is 25.6 Å². The van der Waals surface area contributed by atoms with Crippen LogP contribution in [0.1, 0.15) is 47.5 Å². The number of rotatable bonds is 10. The number of nitrogens with zero attached hydrogens (tertiary/aromatic N) is 1. The molecule has 0 spiro atoms. The van der Waals surface area contributed by atoms with Gasteiger partial charge in [-0.15, -0.1) is 0 Å². The van der Waals surface area contributed by atoms with Crippen molar-refractivity contribution in [1.29, 1.82) is 0 Å².